The monoisotopic (exact) mass is 415 g/mol. The number of nitrogens with zero attached hydrogens (tertiary/aromatic N) is 2. The molecule has 28 heavy (non-hydrogen) atoms. The maximum Gasteiger partial charge on any atom is 0.263 e. The first-order valence-electron chi connectivity index (χ1n) is 9.18. The van der Waals surface area contributed by atoms with Crippen molar-refractivity contribution in [1.29, 1.82) is 0 Å². The summed E-state index contributed by atoms with van der Waals surface area (Å²) in [5, 5.41) is 6.04. The molecule has 0 radical (unpaired) electrons. The number of benzene rings is 1. The number of thiophene rings is 1. The predicted molar refractivity (Wildman–Crippen MR) is 113 cm³/mol. The number of amides is 1. The molecule has 146 valence electrons. The van der Waals surface area contributed by atoms with Crippen molar-refractivity contribution in [2.45, 2.75) is 24.1 Å². The number of aromatic nitrogens is 2. The highest BCUT2D eigenvalue weighted by Crippen LogP contribution is 2.31. The summed E-state index contributed by atoms with van der Waals surface area (Å²) < 4.78 is 7.04. The largest absolute Gasteiger partial charge is 0.376 e. The van der Waals surface area contributed by atoms with E-state index >= 15 is 0 Å². The van der Waals surface area contributed by atoms with Gasteiger partial charge in [-0.1, -0.05) is 42.1 Å². The first-order valence-corrected chi connectivity index (χ1v) is 11.0. The molecule has 3 aromatic rings. The average molecular weight is 416 g/mol. The molecular formula is C20H21N3O3S2. The van der Waals surface area contributed by atoms with E-state index in [1.807, 2.05) is 35.7 Å². The summed E-state index contributed by atoms with van der Waals surface area (Å²) in [6.45, 7) is 1.31. The molecule has 1 N–H and O–H groups in total. The average Bonchev–Trinajstić information content (AvgIpc) is 3.38. The Morgan fingerprint density at radius 1 is 1.39 bits per heavy atom. The fourth-order valence-corrected chi connectivity index (χ4v) is 5.02. The summed E-state index contributed by atoms with van der Waals surface area (Å²) in [7, 11) is 1.70. The SMILES string of the molecule is Cn1c(SCC(=O)NC[C@H]2CCCO2)nc2scc(-c3ccccc3)c2c1=O. The van der Waals surface area contributed by atoms with Gasteiger partial charge in [0, 0.05) is 31.1 Å². The highest BCUT2D eigenvalue weighted by atomic mass is 32.2. The maximum absolute atomic E-state index is 12.9. The van der Waals surface area contributed by atoms with Crippen molar-refractivity contribution in [3.8, 4) is 11.1 Å². The van der Waals surface area contributed by atoms with Crippen molar-refractivity contribution in [2.24, 2.45) is 7.05 Å². The summed E-state index contributed by atoms with van der Waals surface area (Å²) in [5.74, 6) is 0.140. The summed E-state index contributed by atoms with van der Waals surface area (Å²) >= 11 is 2.73. The second-order valence-corrected chi connectivity index (χ2v) is 8.48. The van der Waals surface area contributed by atoms with Gasteiger partial charge in [-0.15, -0.1) is 11.3 Å². The molecule has 6 nitrogen and oxygen atoms in total. The van der Waals surface area contributed by atoms with Gasteiger partial charge in [0.25, 0.3) is 5.56 Å². The molecule has 0 aliphatic carbocycles. The second kappa shape index (κ2) is 8.46. The number of fused-ring (bicyclic) bond motifs is 1. The number of nitrogens with one attached hydrogen (secondary N) is 1. The number of hydrogen-bond acceptors (Lipinski definition) is 6. The van der Waals surface area contributed by atoms with E-state index in [-0.39, 0.29) is 23.3 Å². The topological polar surface area (TPSA) is 73.2 Å². The molecule has 1 aliphatic heterocycles. The number of carbonyl (C=O) groups is 1. The molecule has 8 heteroatoms. The van der Waals surface area contributed by atoms with Gasteiger partial charge in [-0.3, -0.25) is 14.2 Å². The number of hydrogen-bond donors (Lipinski definition) is 1. The van der Waals surface area contributed by atoms with Crippen LogP contribution in [-0.4, -0.2) is 40.5 Å². The van der Waals surface area contributed by atoms with Crippen LogP contribution in [0.1, 0.15) is 12.8 Å². The third kappa shape index (κ3) is 3.99. The van der Waals surface area contributed by atoms with Crippen LogP contribution in [0, 0.1) is 0 Å². The molecule has 1 aliphatic rings. The van der Waals surface area contributed by atoms with Crippen LogP contribution in [-0.2, 0) is 16.6 Å². The number of ether oxygens (including phenoxy) is 1. The Bertz CT molecular complexity index is 1040. The Balaban J connectivity index is 1.50. The van der Waals surface area contributed by atoms with Crippen molar-refractivity contribution >= 4 is 39.2 Å². The summed E-state index contributed by atoms with van der Waals surface area (Å²) in [4.78, 5) is 30.4. The third-order valence-corrected chi connectivity index (χ3v) is 6.64. The fraction of sp³-hybridized carbons (Fsp3) is 0.350. The third-order valence-electron chi connectivity index (χ3n) is 4.74. The minimum atomic E-state index is -0.0904. The molecule has 1 atom stereocenters. The Kier molecular flexibility index (Phi) is 5.79. The molecule has 0 saturated carbocycles. The van der Waals surface area contributed by atoms with Crippen molar-refractivity contribution in [3.63, 3.8) is 0 Å². The number of rotatable bonds is 6. The van der Waals surface area contributed by atoms with Gasteiger partial charge in [-0.25, -0.2) is 4.98 Å². The number of carbonyl (C=O) groups excluding carboxylic acids is 1. The molecule has 1 aromatic carbocycles. The van der Waals surface area contributed by atoms with E-state index in [9.17, 15) is 9.59 Å². The van der Waals surface area contributed by atoms with Gasteiger partial charge in [-0.2, -0.15) is 0 Å². The minimum absolute atomic E-state index is 0.0778. The normalized spacial score (nSPS) is 16.5. The van der Waals surface area contributed by atoms with Crippen molar-refractivity contribution in [1.82, 2.24) is 14.9 Å². The van der Waals surface area contributed by atoms with Crippen molar-refractivity contribution in [3.05, 3.63) is 46.1 Å². The van der Waals surface area contributed by atoms with Crippen LogP contribution in [0.3, 0.4) is 0 Å². The zero-order chi connectivity index (χ0) is 19.5. The molecule has 0 unspecified atom stereocenters. The first kappa shape index (κ1) is 19.2. The lowest BCUT2D eigenvalue weighted by Crippen LogP contribution is -2.33. The van der Waals surface area contributed by atoms with Crippen LogP contribution < -0.4 is 10.9 Å². The second-order valence-electron chi connectivity index (χ2n) is 6.68. The van der Waals surface area contributed by atoms with Crippen LogP contribution >= 0.6 is 23.1 Å². The van der Waals surface area contributed by atoms with E-state index in [4.69, 9.17) is 4.74 Å². The van der Waals surface area contributed by atoms with Crippen LogP contribution in [0.2, 0.25) is 0 Å². The van der Waals surface area contributed by atoms with Gasteiger partial charge in [0.1, 0.15) is 4.83 Å². The van der Waals surface area contributed by atoms with Crippen LogP contribution in [0.4, 0.5) is 0 Å². The molecule has 4 rings (SSSR count). The first-order chi connectivity index (χ1) is 13.6. The Morgan fingerprint density at radius 3 is 2.96 bits per heavy atom. The lowest BCUT2D eigenvalue weighted by molar-refractivity contribution is -0.119. The van der Waals surface area contributed by atoms with Gasteiger partial charge in [0.2, 0.25) is 5.91 Å². The van der Waals surface area contributed by atoms with E-state index in [2.05, 4.69) is 10.3 Å². The summed E-state index contributed by atoms with van der Waals surface area (Å²) in [6.07, 6.45) is 2.16. The maximum atomic E-state index is 12.9. The molecule has 2 aromatic heterocycles. The van der Waals surface area contributed by atoms with E-state index < -0.39 is 0 Å². The molecule has 1 fully saturated rings. The van der Waals surface area contributed by atoms with Gasteiger partial charge >= 0.3 is 0 Å². The van der Waals surface area contributed by atoms with E-state index in [1.54, 1.807) is 7.05 Å². The quantitative estimate of drug-likeness (QED) is 0.495. The highest BCUT2D eigenvalue weighted by Gasteiger charge is 2.18. The Hall–Kier alpha value is -2.16. The van der Waals surface area contributed by atoms with Crippen LogP contribution in [0.5, 0.6) is 0 Å². The smallest absolute Gasteiger partial charge is 0.263 e. The minimum Gasteiger partial charge on any atom is -0.376 e. The zero-order valence-corrected chi connectivity index (χ0v) is 17.1. The van der Waals surface area contributed by atoms with Crippen LogP contribution in [0.15, 0.2) is 45.7 Å². The van der Waals surface area contributed by atoms with E-state index in [0.717, 1.165) is 30.6 Å². The molecule has 1 saturated heterocycles. The van der Waals surface area contributed by atoms with E-state index in [0.29, 0.717) is 21.9 Å². The van der Waals surface area contributed by atoms with Gasteiger partial charge in [0.05, 0.1) is 17.2 Å². The standard InChI is InChI=1S/C20H21N3O3S2/c1-23-19(25)17-15(13-6-3-2-4-7-13)11-27-18(17)22-20(23)28-12-16(24)21-10-14-8-5-9-26-14/h2-4,6-7,11,14H,5,8-10,12H2,1H3,(H,21,24)/t14-/m1/s1. The van der Waals surface area contributed by atoms with Gasteiger partial charge in [-0.05, 0) is 18.4 Å². The zero-order valence-electron chi connectivity index (χ0n) is 15.5. The van der Waals surface area contributed by atoms with Crippen molar-refractivity contribution in [2.75, 3.05) is 18.9 Å². The molecule has 0 spiro atoms. The van der Waals surface area contributed by atoms with E-state index in [1.165, 1.54) is 27.7 Å². The Labute approximate surface area is 170 Å². The molecule has 1 amide bonds. The van der Waals surface area contributed by atoms with Gasteiger partial charge < -0.3 is 10.1 Å². The van der Waals surface area contributed by atoms with Gasteiger partial charge in [0.15, 0.2) is 5.16 Å². The molecule has 0 bridgehead atoms. The van der Waals surface area contributed by atoms with Crippen LogP contribution in [0.25, 0.3) is 21.3 Å². The predicted octanol–water partition coefficient (Wildman–Crippen LogP) is 3.05. The Morgan fingerprint density at radius 2 is 2.21 bits per heavy atom. The molecule has 3 heterocycles. The lowest BCUT2D eigenvalue weighted by Gasteiger charge is -2.11. The lowest BCUT2D eigenvalue weighted by atomic mass is 10.1. The summed E-state index contributed by atoms with van der Waals surface area (Å²) in [6, 6.07) is 9.84. The highest BCUT2D eigenvalue weighted by molar-refractivity contribution is 7.99. The number of thioether (sulfide) groups is 1. The fourth-order valence-electron chi connectivity index (χ4n) is 3.23. The molecular weight excluding hydrogens is 394 g/mol. The summed E-state index contributed by atoms with van der Waals surface area (Å²) in [5.41, 5.74) is 1.81. The van der Waals surface area contributed by atoms with Crippen molar-refractivity contribution < 1.29 is 9.53 Å².